The lowest BCUT2D eigenvalue weighted by Gasteiger charge is -2.32. The second-order valence-corrected chi connectivity index (χ2v) is 10.1. The molecule has 3 aliphatic heterocycles. The number of nitrogens with one attached hydrogen (secondary N) is 2. The first-order valence-electron chi connectivity index (χ1n) is 13.2. The number of fused-ring (bicyclic) bond motifs is 1. The smallest absolute Gasteiger partial charge is 0.409 e. The number of likely N-dealkylation sites (N-methyl/N-ethyl adjacent to an activating group) is 1. The lowest BCUT2D eigenvalue weighted by Crippen LogP contribution is -2.52. The zero-order valence-electron chi connectivity index (χ0n) is 21.9. The summed E-state index contributed by atoms with van der Waals surface area (Å²) in [7, 11) is 0. The predicted molar refractivity (Wildman–Crippen MR) is 138 cm³/mol. The van der Waals surface area contributed by atoms with Crippen LogP contribution < -0.4 is 16.4 Å². The van der Waals surface area contributed by atoms with Crippen LogP contribution in [0.1, 0.15) is 44.7 Å². The lowest BCUT2D eigenvalue weighted by atomic mass is 9.94. The van der Waals surface area contributed by atoms with Gasteiger partial charge in [-0.1, -0.05) is 5.92 Å². The van der Waals surface area contributed by atoms with E-state index in [0.29, 0.717) is 32.5 Å². The number of anilines is 1. The third kappa shape index (κ3) is 5.64. The number of imidazole rings is 1. The first-order valence-corrected chi connectivity index (χ1v) is 13.2. The van der Waals surface area contributed by atoms with Crippen LogP contribution in [-0.4, -0.2) is 103 Å². The number of carbonyl (C=O) groups is 3. The fraction of sp³-hybridized carbons (Fsp3) is 0.600. The van der Waals surface area contributed by atoms with E-state index in [4.69, 9.17) is 15.2 Å². The molecule has 3 saturated heterocycles. The first-order chi connectivity index (χ1) is 19.2. The molecular weight excluding hydrogens is 524 g/mol. The summed E-state index contributed by atoms with van der Waals surface area (Å²) in [5.41, 5.74) is 6.61. The summed E-state index contributed by atoms with van der Waals surface area (Å²) in [6.45, 7) is 3.38. The molecule has 15 heteroatoms. The monoisotopic (exact) mass is 556 g/mol. The van der Waals surface area contributed by atoms with Crippen molar-refractivity contribution in [3.63, 3.8) is 0 Å². The van der Waals surface area contributed by atoms with E-state index in [1.54, 1.807) is 11.8 Å². The van der Waals surface area contributed by atoms with E-state index < -0.39 is 30.4 Å². The third-order valence-electron chi connectivity index (χ3n) is 7.24. The van der Waals surface area contributed by atoms with E-state index in [0.717, 1.165) is 12.8 Å². The van der Waals surface area contributed by atoms with Crippen LogP contribution in [0.5, 0.6) is 0 Å². The topological polar surface area (TPSA) is 207 Å². The fourth-order valence-corrected chi connectivity index (χ4v) is 4.95. The second-order valence-electron chi connectivity index (χ2n) is 10.1. The van der Waals surface area contributed by atoms with Crippen molar-refractivity contribution in [2.24, 2.45) is 5.92 Å². The van der Waals surface area contributed by atoms with Crippen LogP contribution >= 0.6 is 0 Å². The van der Waals surface area contributed by atoms with E-state index in [9.17, 15) is 24.6 Å². The van der Waals surface area contributed by atoms with Crippen LogP contribution in [0.2, 0.25) is 0 Å². The number of aliphatic hydroxyl groups is 2. The third-order valence-corrected chi connectivity index (χ3v) is 7.24. The molecule has 2 aromatic heterocycles. The Morgan fingerprint density at radius 1 is 1.27 bits per heavy atom. The molecule has 5 heterocycles. The number of aliphatic hydroxyl groups excluding tert-OH is 2. The van der Waals surface area contributed by atoms with E-state index >= 15 is 0 Å². The summed E-state index contributed by atoms with van der Waals surface area (Å²) in [5.74, 6) is 5.98. The van der Waals surface area contributed by atoms with Gasteiger partial charge in [0, 0.05) is 26.1 Å². The van der Waals surface area contributed by atoms with Gasteiger partial charge in [0.25, 0.3) is 5.91 Å². The molecule has 0 bridgehead atoms. The van der Waals surface area contributed by atoms with Crippen LogP contribution in [0, 0.1) is 17.8 Å². The van der Waals surface area contributed by atoms with Gasteiger partial charge in [-0.15, -0.1) is 0 Å². The SMILES string of the molecule is CCNC(=O)[C@H]1O[C@@H](n2cnc3c(N)nc(C#CCC4CCN(C(=O)OCC5CC(=O)N5)CC4)nc32)[C@@H](O)C1O. The molecule has 3 amide bonds. The summed E-state index contributed by atoms with van der Waals surface area (Å²) in [6, 6.07) is -0.0926. The molecule has 40 heavy (non-hydrogen) atoms. The number of nitrogens with two attached hydrogens (primary N) is 1. The minimum absolute atomic E-state index is 0.0329. The van der Waals surface area contributed by atoms with Crippen LogP contribution in [-0.2, 0) is 19.1 Å². The molecule has 5 atom stereocenters. The van der Waals surface area contributed by atoms with Gasteiger partial charge in [-0.3, -0.25) is 14.2 Å². The van der Waals surface area contributed by atoms with Crippen LogP contribution in [0.15, 0.2) is 6.33 Å². The number of aromatic nitrogens is 4. The zero-order chi connectivity index (χ0) is 28.4. The molecule has 0 spiro atoms. The van der Waals surface area contributed by atoms with Gasteiger partial charge in [0.2, 0.25) is 11.7 Å². The van der Waals surface area contributed by atoms with Gasteiger partial charge in [0.1, 0.15) is 24.3 Å². The molecule has 3 aliphatic rings. The molecule has 2 unspecified atom stereocenters. The number of nitrogen functional groups attached to an aromatic ring is 1. The molecular formula is C25H32N8O7. The summed E-state index contributed by atoms with van der Waals surface area (Å²) in [4.78, 5) is 50.0. The van der Waals surface area contributed by atoms with Crippen molar-refractivity contribution in [2.45, 2.75) is 63.2 Å². The Labute approximate surface area is 229 Å². The Hall–Kier alpha value is -4.00. The first kappa shape index (κ1) is 27.6. The van der Waals surface area contributed by atoms with Crippen molar-refractivity contribution in [3.05, 3.63) is 12.2 Å². The molecule has 0 aromatic carbocycles. The van der Waals surface area contributed by atoms with Gasteiger partial charge < -0.3 is 41.0 Å². The molecule has 5 rings (SSSR count). The van der Waals surface area contributed by atoms with E-state index in [1.165, 1.54) is 10.9 Å². The van der Waals surface area contributed by atoms with Crippen molar-refractivity contribution in [1.82, 2.24) is 35.1 Å². The van der Waals surface area contributed by atoms with Gasteiger partial charge in [0.05, 0.1) is 18.8 Å². The van der Waals surface area contributed by atoms with Gasteiger partial charge in [-0.05, 0) is 31.6 Å². The highest BCUT2D eigenvalue weighted by Gasteiger charge is 2.47. The average Bonchev–Trinajstić information content (AvgIpc) is 3.47. The average molecular weight is 557 g/mol. The Morgan fingerprint density at radius 3 is 2.73 bits per heavy atom. The quantitative estimate of drug-likeness (QED) is 0.207. The van der Waals surface area contributed by atoms with Gasteiger partial charge in [-0.25, -0.2) is 19.7 Å². The largest absolute Gasteiger partial charge is 0.447 e. The van der Waals surface area contributed by atoms with Gasteiger partial charge in [0.15, 0.2) is 23.8 Å². The summed E-state index contributed by atoms with van der Waals surface area (Å²) in [6.07, 6.45) is -1.74. The summed E-state index contributed by atoms with van der Waals surface area (Å²) >= 11 is 0. The fourth-order valence-electron chi connectivity index (χ4n) is 4.95. The number of hydrogen-bond donors (Lipinski definition) is 5. The van der Waals surface area contributed by atoms with Crippen LogP contribution in [0.4, 0.5) is 10.6 Å². The molecule has 6 N–H and O–H groups in total. The Balaban J connectivity index is 1.19. The van der Waals surface area contributed by atoms with Gasteiger partial charge >= 0.3 is 6.09 Å². The minimum Gasteiger partial charge on any atom is -0.447 e. The number of rotatable bonds is 6. The number of β-lactam (4-membered cyclic amide) rings is 1. The van der Waals surface area contributed by atoms with Crippen molar-refractivity contribution >= 4 is 34.9 Å². The summed E-state index contributed by atoms with van der Waals surface area (Å²) < 4.78 is 12.4. The van der Waals surface area contributed by atoms with Crippen LogP contribution in [0.25, 0.3) is 11.2 Å². The summed E-state index contributed by atoms with van der Waals surface area (Å²) in [5, 5.41) is 26.2. The lowest BCUT2D eigenvalue weighted by molar-refractivity contribution is -0.137. The molecule has 0 saturated carbocycles. The highest BCUT2D eigenvalue weighted by Crippen LogP contribution is 2.32. The highest BCUT2D eigenvalue weighted by molar-refractivity contribution is 5.83. The number of nitrogens with zero attached hydrogens (tertiary/aromatic N) is 5. The van der Waals surface area contributed by atoms with Crippen LogP contribution in [0.3, 0.4) is 0 Å². The molecule has 2 aromatic rings. The number of carbonyl (C=O) groups excluding carboxylic acids is 3. The number of hydrogen-bond acceptors (Lipinski definition) is 11. The maximum Gasteiger partial charge on any atom is 0.409 e. The predicted octanol–water partition coefficient (Wildman–Crippen LogP) is -1.36. The van der Waals surface area contributed by atoms with Crippen molar-refractivity contribution < 1.29 is 34.1 Å². The molecule has 214 valence electrons. The van der Waals surface area contributed by atoms with E-state index in [1.807, 2.05) is 0 Å². The van der Waals surface area contributed by atoms with E-state index in [2.05, 4.69) is 37.4 Å². The molecule has 3 fully saturated rings. The highest BCUT2D eigenvalue weighted by atomic mass is 16.6. The normalized spacial score (nSPS) is 26.5. The molecule has 0 radical (unpaired) electrons. The second kappa shape index (κ2) is 11.6. The Morgan fingerprint density at radius 2 is 2.02 bits per heavy atom. The van der Waals surface area contributed by atoms with E-state index in [-0.39, 0.29) is 53.4 Å². The van der Waals surface area contributed by atoms with Crippen molar-refractivity contribution in [3.8, 4) is 11.8 Å². The number of amides is 3. The zero-order valence-corrected chi connectivity index (χ0v) is 21.9. The standard InChI is InChI=1S/C25H32N8O7/c1-2-27-23(37)20-18(35)19(36)24(40-20)33-12-28-17-21(26)30-15(31-22(17)33)5-3-4-13-6-8-32(9-7-13)25(38)39-11-14-10-16(34)29-14/h12-14,18-20,24,35-36H,2,4,6-11H2,1H3,(H,27,37)(H,29,34)(H2,26,30,31)/t14?,18?,19-,20-,24+/m0/s1. The minimum atomic E-state index is -1.44. The maximum absolute atomic E-state index is 12.3. The number of likely N-dealkylation sites (tertiary alicyclic amines) is 1. The Kier molecular flexibility index (Phi) is 8.01. The maximum atomic E-state index is 12.3. The molecule has 15 nitrogen and oxygen atoms in total. The number of ether oxygens (including phenoxy) is 2. The Bertz CT molecular complexity index is 1340. The number of piperidine rings is 1. The van der Waals surface area contributed by atoms with Crippen molar-refractivity contribution in [1.29, 1.82) is 0 Å². The van der Waals surface area contributed by atoms with Gasteiger partial charge in [-0.2, -0.15) is 0 Å². The van der Waals surface area contributed by atoms with Crippen molar-refractivity contribution in [2.75, 3.05) is 32.0 Å². The molecule has 0 aliphatic carbocycles.